The second kappa shape index (κ2) is 7.98. The maximum Gasteiger partial charge on any atom is 0.422 e. The van der Waals surface area contributed by atoms with Crippen molar-refractivity contribution in [3.8, 4) is 5.75 Å². The summed E-state index contributed by atoms with van der Waals surface area (Å²) in [6.45, 7) is 1.04. The summed E-state index contributed by atoms with van der Waals surface area (Å²) < 4.78 is 96.9. The number of hydrogen-bond donors (Lipinski definition) is 0. The summed E-state index contributed by atoms with van der Waals surface area (Å²) in [5, 5.41) is 0. The maximum absolute atomic E-state index is 12.6. The molecule has 24 heavy (non-hydrogen) atoms. The zero-order chi connectivity index (χ0) is 18.5. The largest absolute Gasteiger partial charge is 0.422 e. The van der Waals surface area contributed by atoms with Gasteiger partial charge in [-0.15, -0.1) is 0 Å². The fourth-order valence-corrected chi connectivity index (χ4v) is 1.63. The molecule has 0 bridgehead atoms. The van der Waals surface area contributed by atoms with Gasteiger partial charge in [0.2, 0.25) is 0 Å². The number of aryl methyl sites for hydroxylation is 1. The van der Waals surface area contributed by atoms with Crippen molar-refractivity contribution in [3.05, 3.63) is 64.5 Å². The Balaban J connectivity index is 0.000000254. The number of benzene rings is 2. The zero-order valence-corrected chi connectivity index (χ0v) is 12.0. The van der Waals surface area contributed by atoms with Gasteiger partial charge < -0.3 is 0 Å². The topological polar surface area (TPSA) is 9.23 Å². The average Bonchev–Trinajstić information content (AvgIpc) is 2.45. The van der Waals surface area contributed by atoms with Crippen LogP contribution in [0.2, 0.25) is 0 Å². The van der Waals surface area contributed by atoms with Gasteiger partial charge in [0.1, 0.15) is 29.7 Å². The van der Waals surface area contributed by atoms with E-state index in [-0.39, 0.29) is 17.7 Å². The van der Waals surface area contributed by atoms with E-state index in [1.165, 1.54) is 12.1 Å². The normalized spacial score (nSPS) is 10.9. The molecule has 0 aliphatic rings. The van der Waals surface area contributed by atoms with Crippen molar-refractivity contribution in [3.63, 3.8) is 0 Å². The van der Waals surface area contributed by atoms with Gasteiger partial charge in [-0.2, -0.15) is 13.2 Å². The van der Waals surface area contributed by atoms with Gasteiger partial charge in [0.05, 0.1) is 0 Å². The molecule has 0 saturated carbocycles. The molecular weight excluding hydrogens is 348 g/mol. The van der Waals surface area contributed by atoms with E-state index in [9.17, 15) is 35.3 Å². The molecule has 0 atom stereocenters. The maximum atomic E-state index is 12.6. The van der Waals surface area contributed by atoms with E-state index in [0.717, 1.165) is 5.56 Å². The minimum Gasteiger partial charge on any atom is -0.294 e. The third-order valence-electron chi connectivity index (χ3n) is 2.74. The Hall–Kier alpha value is -2.32. The molecule has 9 heteroatoms. The lowest BCUT2D eigenvalue weighted by Gasteiger charge is -2.09. The van der Waals surface area contributed by atoms with E-state index in [1.807, 2.05) is 0 Å². The van der Waals surface area contributed by atoms with Crippen LogP contribution in [0.5, 0.6) is 5.75 Å². The zero-order valence-electron chi connectivity index (χ0n) is 12.0. The van der Waals surface area contributed by atoms with Gasteiger partial charge in [0.15, 0.2) is 5.75 Å². The molecule has 0 aliphatic carbocycles. The molecule has 2 rings (SSSR count). The van der Waals surface area contributed by atoms with Crippen LogP contribution >= 0.6 is 0 Å². The van der Waals surface area contributed by atoms with Crippen LogP contribution in [0.25, 0.3) is 0 Å². The highest BCUT2D eigenvalue weighted by Crippen LogP contribution is 2.35. The molecule has 2 aromatic rings. The fourth-order valence-electron chi connectivity index (χ4n) is 1.63. The minimum absolute atomic E-state index is 0.103. The fraction of sp³-hybridized carbons (Fsp3) is 0.200. The Morgan fingerprint density at radius 3 is 1.83 bits per heavy atom. The van der Waals surface area contributed by atoms with E-state index in [4.69, 9.17) is 0 Å². The second-order valence-corrected chi connectivity index (χ2v) is 4.57. The Labute approximate surface area is 131 Å². The summed E-state index contributed by atoms with van der Waals surface area (Å²) in [5.41, 5.74) is -1.13. The summed E-state index contributed by atoms with van der Waals surface area (Å²) in [6, 6.07) is 4.69. The van der Waals surface area contributed by atoms with Crippen molar-refractivity contribution in [1.82, 2.24) is 0 Å². The highest BCUT2D eigenvalue weighted by atomic mass is 19.4. The van der Waals surface area contributed by atoms with Gasteiger partial charge in [0, 0.05) is 22.2 Å². The predicted molar refractivity (Wildman–Crippen MR) is 69.0 cm³/mol. The molecule has 0 N–H and O–H groups in total. The quantitative estimate of drug-likeness (QED) is 0.612. The van der Waals surface area contributed by atoms with Crippen molar-refractivity contribution in [2.75, 3.05) is 0 Å². The van der Waals surface area contributed by atoms with E-state index in [0.29, 0.717) is 0 Å². The van der Waals surface area contributed by atoms with Gasteiger partial charge in [-0.3, -0.25) is 4.94 Å². The molecule has 1 nitrogen and oxygen atoms in total. The van der Waals surface area contributed by atoms with Crippen molar-refractivity contribution in [1.29, 1.82) is 0 Å². The third-order valence-corrected chi connectivity index (χ3v) is 2.74. The van der Waals surface area contributed by atoms with Crippen molar-refractivity contribution < 1.29 is 40.2 Å². The number of alkyl halides is 4. The molecular formula is C15H10F8O. The van der Waals surface area contributed by atoms with Crippen molar-refractivity contribution in [2.24, 2.45) is 0 Å². The van der Waals surface area contributed by atoms with Crippen LogP contribution in [0.4, 0.5) is 35.3 Å². The van der Waals surface area contributed by atoms with Crippen LogP contribution < -0.4 is 4.94 Å². The SMILES string of the molecule is Cc1ccc(CF)c(F)c1.FOc1cc(F)c(C(F)(F)F)c(F)c1. The van der Waals surface area contributed by atoms with E-state index in [2.05, 4.69) is 4.94 Å². The average molecular weight is 358 g/mol. The summed E-state index contributed by atoms with van der Waals surface area (Å²) in [5.74, 6) is -5.27. The number of halogens is 8. The molecule has 0 unspecified atom stereocenters. The molecule has 2 aromatic carbocycles. The minimum atomic E-state index is -5.16. The predicted octanol–water partition coefficient (Wildman–Crippen LogP) is 5.85. The first-order valence-electron chi connectivity index (χ1n) is 6.26. The molecule has 0 saturated heterocycles. The summed E-state index contributed by atoms with van der Waals surface area (Å²) in [7, 11) is 0. The Morgan fingerprint density at radius 1 is 0.917 bits per heavy atom. The van der Waals surface area contributed by atoms with E-state index >= 15 is 0 Å². The Kier molecular flexibility index (Phi) is 6.56. The van der Waals surface area contributed by atoms with E-state index in [1.54, 1.807) is 13.0 Å². The highest BCUT2D eigenvalue weighted by Gasteiger charge is 2.38. The molecule has 0 fully saturated rings. The van der Waals surface area contributed by atoms with Crippen LogP contribution in [0, 0.1) is 24.4 Å². The van der Waals surface area contributed by atoms with Gasteiger partial charge in [-0.1, -0.05) is 12.1 Å². The highest BCUT2D eigenvalue weighted by molar-refractivity contribution is 5.31. The molecule has 0 amide bonds. The smallest absolute Gasteiger partial charge is 0.294 e. The lowest BCUT2D eigenvalue weighted by Crippen LogP contribution is -2.11. The van der Waals surface area contributed by atoms with Crippen molar-refractivity contribution >= 4 is 0 Å². The monoisotopic (exact) mass is 358 g/mol. The first-order valence-corrected chi connectivity index (χ1v) is 6.26. The molecule has 0 aromatic heterocycles. The lowest BCUT2D eigenvalue weighted by molar-refractivity contribution is -0.142. The Bertz CT molecular complexity index is 673. The molecule has 0 spiro atoms. The number of hydrogen-bond acceptors (Lipinski definition) is 1. The van der Waals surface area contributed by atoms with Crippen LogP contribution in [-0.2, 0) is 12.9 Å². The van der Waals surface area contributed by atoms with Gasteiger partial charge in [-0.05, 0) is 18.6 Å². The summed E-state index contributed by atoms with van der Waals surface area (Å²) in [6.07, 6.45) is -5.16. The van der Waals surface area contributed by atoms with Gasteiger partial charge >= 0.3 is 6.18 Å². The van der Waals surface area contributed by atoms with Gasteiger partial charge in [0.25, 0.3) is 0 Å². The standard InChI is InChI=1S/C8H8F2.C7H2F6O/c1-6-2-3-7(5-9)8(10)4-6;8-4-1-3(14-13)2-5(9)6(4)7(10,11)12/h2-4H,5H2,1H3;1-2H. The second-order valence-electron chi connectivity index (χ2n) is 4.57. The summed E-state index contributed by atoms with van der Waals surface area (Å²) in [4.78, 5) is 2.90. The van der Waals surface area contributed by atoms with Crippen LogP contribution in [0.15, 0.2) is 30.3 Å². The molecule has 0 heterocycles. The van der Waals surface area contributed by atoms with Crippen LogP contribution in [0.3, 0.4) is 0 Å². The first kappa shape index (κ1) is 19.7. The molecule has 0 aliphatic heterocycles. The summed E-state index contributed by atoms with van der Waals surface area (Å²) >= 11 is 0. The van der Waals surface area contributed by atoms with E-state index < -0.39 is 41.6 Å². The Morgan fingerprint density at radius 2 is 1.46 bits per heavy atom. The molecule has 132 valence electrons. The van der Waals surface area contributed by atoms with Crippen molar-refractivity contribution in [2.45, 2.75) is 19.8 Å². The van der Waals surface area contributed by atoms with Crippen LogP contribution in [-0.4, -0.2) is 0 Å². The molecule has 0 radical (unpaired) electrons. The van der Waals surface area contributed by atoms with Crippen LogP contribution in [0.1, 0.15) is 16.7 Å². The number of rotatable bonds is 2. The van der Waals surface area contributed by atoms with Gasteiger partial charge in [-0.25, -0.2) is 17.6 Å². The first-order chi connectivity index (χ1) is 11.1. The third kappa shape index (κ3) is 5.10. The lowest BCUT2D eigenvalue weighted by atomic mass is 10.1.